The van der Waals surface area contributed by atoms with Crippen molar-refractivity contribution in [1.82, 2.24) is 14.5 Å². The second-order valence-corrected chi connectivity index (χ2v) is 7.40. The first-order valence-corrected chi connectivity index (χ1v) is 9.57. The van der Waals surface area contributed by atoms with Gasteiger partial charge in [0.05, 0.1) is 17.9 Å². The summed E-state index contributed by atoms with van der Waals surface area (Å²) in [5.41, 5.74) is 2.05. The highest BCUT2D eigenvalue weighted by atomic mass is 19.1. The lowest BCUT2D eigenvalue weighted by Crippen LogP contribution is -2.34. The van der Waals surface area contributed by atoms with E-state index in [1.54, 1.807) is 34.9 Å². The molecule has 2 heterocycles. The van der Waals surface area contributed by atoms with Crippen LogP contribution in [0.3, 0.4) is 0 Å². The number of hydrogen-bond donors (Lipinski definition) is 0. The van der Waals surface area contributed by atoms with Crippen LogP contribution in [0.4, 0.5) is 8.78 Å². The maximum absolute atomic E-state index is 14.7. The molecule has 0 atom stereocenters. The summed E-state index contributed by atoms with van der Waals surface area (Å²) in [6, 6.07) is 12.6. The van der Waals surface area contributed by atoms with Gasteiger partial charge in [-0.1, -0.05) is 25.0 Å². The number of carbonyl (C=O) groups is 1. The fourth-order valence-corrected chi connectivity index (χ4v) is 4.34. The number of nitrogens with zero attached hydrogens (tertiary/aromatic N) is 3. The fourth-order valence-electron chi connectivity index (χ4n) is 4.34. The van der Waals surface area contributed by atoms with Crippen LogP contribution in [0.5, 0.6) is 0 Å². The molecule has 1 aliphatic heterocycles. The Bertz CT molecular complexity index is 1050. The van der Waals surface area contributed by atoms with Gasteiger partial charge in [0.25, 0.3) is 5.91 Å². The van der Waals surface area contributed by atoms with E-state index in [0.717, 1.165) is 25.7 Å². The summed E-state index contributed by atoms with van der Waals surface area (Å²) in [5, 5.41) is 0. The molecule has 0 unspecified atom stereocenters. The van der Waals surface area contributed by atoms with Gasteiger partial charge in [-0.2, -0.15) is 0 Å². The molecule has 4 nitrogen and oxygen atoms in total. The molecule has 0 bridgehead atoms. The molecule has 28 heavy (non-hydrogen) atoms. The van der Waals surface area contributed by atoms with E-state index in [4.69, 9.17) is 0 Å². The molecule has 2 aromatic carbocycles. The first-order chi connectivity index (χ1) is 13.6. The van der Waals surface area contributed by atoms with Gasteiger partial charge in [0.2, 0.25) is 0 Å². The Morgan fingerprint density at radius 2 is 1.68 bits per heavy atom. The summed E-state index contributed by atoms with van der Waals surface area (Å²) in [4.78, 5) is 19.5. The second-order valence-electron chi connectivity index (χ2n) is 7.40. The van der Waals surface area contributed by atoms with E-state index in [2.05, 4.69) is 4.98 Å². The number of para-hydroxylation sites is 1. The van der Waals surface area contributed by atoms with Gasteiger partial charge in [0.15, 0.2) is 5.69 Å². The molecule has 1 fully saturated rings. The number of hydrogen-bond acceptors (Lipinski definition) is 2. The third-order valence-corrected chi connectivity index (χ3v) is 5.72. The molecule has 3 aromatic rings. The van der Waals surface area contributed by atoms with Crippen molar-refractivity contribution in [2.45, 2.75) is 38.3 Å². The minimum Gasteiger partial charge on any atom is -0.328 e. The van der Waals surface area contributed by atoms with Crippen molar-refractivity contribution in [1.29, 1.82) is 0 Å². The molecule has 1 aliphatic carbocycles. The highest BCUT2D eigenvalue weighted by molar-refractivity contribution is 5.97. The normalized spacial score (nSPS) is 16.8. The van der Waals surface area contributed by atoms with Crippen LogP contribution in [0.25, 0.3) is 17.1 Å². The summed E-state index contributed by atoms with van der Waals surface area (Å²) < 4.78 is 29.8. The lowest BCUT2D eigenvalue weighted by Gasteiger charge is -2.24. The maximum atomic E-state index is 14.7. The number of imidazole rings is 1. The lowest BCUT2D eigenvalue weighted by atomic mass is 10.2. The lowest BCUT2D eigenvalue weighted by molar-refractivity contribution is 0.0700. The Labute approximate surface area is 161 Å². The van der Waals surface area contributed by atoms with Crippen molar-refractivity contribution in [3.8, 4) is 17.1 Å². The molecule has 1 aromatic heterocycles. The van der Waals surface area contributed by atoms with Crippen molar-refractivity contribution in [2.75, 3.05) is 0 Å². The van der Waals surface area contributed by atoms with Crippen LogP contribution in [0.2, 0.25) is 0 Å². The monoisotopic (exact) mass is 379 g/mol. The number of fused-ring (bicyclic) bond motifs is 1. The topological polar surface area (TPSA) is 38.1 Å². The Balaban J connectivity index is 1.67. The standard InChI is InChI=1S/C22H19F2N3O/c23-15-11-9-14(10-12-15)21-25-20-19(27(21)18-8-4-3-7-17(18)24)13-26(22(20)28)16-5-1-2-6-16/h3-4,7-12,16H,1-2,5-6,13H2. The molecule has 142 valence electrons. The van der Waals surface area contributed by atoms with Gasteiger partial charge < -0.3 is 4.90 Å². The Hall–Kier alpha value is -3.02. The molecule has 6 heteroatoms. The summed E-state index contributed by atoms with van der Waals surface area (Å²) >= 11 is 0. The number of benzene rings is 2. The predicted octanol–water partition coefficient (Wildman–Crippen LogP) is 4.72. The van der Waals surface area contributed by atoms with Gasteiger partial charge in [0.1, 0.15) is 17.5 Å². The Kier molecular flexibility index (Phi) is 4.00. The Morgan fingerprint density at radius 3 is 2.39 bits per heavy atom. The predicted molar refractivity (Wildman–Crippen MR) is 101 cm³/mol. The van der Waals surface area contributed by atoms with Gasteiger partial charge in [-0.15, -0.1) is 0 Å². The van der Waals surface area contributed by atoms with Crippen LogP contribution >= 0.6 is 0 Å². The SMILES string of the molecule is O=C1c2nc(-c3ccc(F)cc3)n(-c3ccccc3F)c2CN1C1CCCC1. The summed E-state index contributed by atoms with van der Waals surface area (Å²) in [7, 11) is 0. The van der Waals surface area contributed by atoms with E-state index in [1.165, 1.54) is 18.2 Å². The van der Waals surface area contributed by atoms with E-state index in [1.807, 2.05) is 4.90 Å². The zero-order valence-corrected chi connectivity index (χ0v) is 15.2. The molecular weight excluding hydrogens is 360 g/mol. The van der Waals surface area contributed by atoms with Gasteiger partial charge in [0, 0.05) is 11.6 Å². The first-order valence-electron chi connectivity index (χ1n) is 9.57. The van der Waals surface area contributed by atoms with E-state index in [0.29, 0.717) is 35.0 Å². The van der Waals surface area contributed by atoms with E-state index < -0.39 is 5.82 Å². The number of rotatable bonds is 3. The molecule has 5 rings (SSSR count). The average Bonchev–Trinajstić information content (AvgIpc) is 3.40. The van der Waals surface area contributed by atoms with Gasteiger partial charge >= 0.3 is 0 Å². The molecule has 0 N–H and O–H groups in total. The minimum atomic E-state index is -0.391. The molecule has 0 saturated heterocycles. The zero-order valence-electron chi connectivity index (χ0n) is 15.2. The van der Waals surface area contributed by atoms with E-state index >= 15 is 0 Å². The van der Waals surface area contributed by atoms with Gasteiger partial charge in [-0.25, -0.2) is 13.8 Å². The maximum Gasteiger partial charge on any atom is 0.275 e. The first kappa shape index (κ1) is 17.1. The van der Waals surface area contributed by atoms with Crippen molar-refractivity contribution in [3.05, 3.63) is 71.6 Å². The Morgan fingerprint density at radius 1 is 0.964 bits per heavy atom. The fraction of sp³-hybridized carbons (Fsp3) is 0.273. The van der Waals surface area contributed by atoms with Crippen molar-refractivity contribution >= 4 is 5.91 Å². The van der Waals surface area contributed by atoms with Crippen molar-refractivity contribution < 1.29 is 13.6 Å². The highest BCUT2D eigenvalue weighted by Crippen LogP contribution is 2.36. The molecule has 1 saturated carbocycles. The van der Waals surface area contributed by atoms with Crippen LogP contribution in [-0.4, -0.2) is 26.4 Å². The third-order valence-electron chi connectivity index (χ3n) is 5.72. The van der Waals surface area contributed by atoms with Gasteiger partial charge in [-0.3, -0.25) is 9.36 Å². The van der Waals surface area contributed by atoms with Crippen LogP contribution < -0.4 is 0 Å². The van der Waals surface area contributed by atoms with Crippen molar-refractivity contribution in [3.63, 3.8) is 0 Å². The number of amides is 1. The third kappa shape index (κ3) is 2.63. The van der Waals surface area contributed by atoms with Crippen LogP contribution in [-0.2, 0) is 6.54 Å². The van der Waals surface area contributed by atoms with E-state index in [9.17, 15) is 13.6 Å². The van der Waals surface area contributed by atoms with Gasteiger partial charge in [-0.05, 0) is 49.2 Å². The number of halogens is 2. The summed E-state index contributed by atoms with van der Waals surface area (Å²) in [5.74, 6) is -0.392. The largest absolute Gasteiger partial charge is 0.328 e. The summed E-state index contributed by atoms with van der Waals surface area (Å²) in [6.07, 6.45) is 4.25. The molecule has 2 aliphatic rings. The molecular formula is C22H19F2N3O. The van der Waals surface area contributed by atoms with Crippen LogP contribution in [0, 0.1) is 11.6 Å². The van der Waals surface area contributed by atoms with Crippen molar-refractivity contribution in [2.24, 2.45) is 0 Å². The summed E-state index contributed by atoms with van der Waals surface area (Å²) in [6.45, 7) is 0.418. The van der Waals surface area contributed by atoms with Crippen LogP contribution in [0.1, 0.15) is 41.9 Å². The highest BCUT2D eigenvalue weighted by Gasteiger charge is 2.39. The molecule has 0 radical (unpaired) electrons. The second kappa shape index (κ2) is 6.55. The quantitative estimate of drug-likeness (QED) is 0.661. The minimum absolute atomic E-state index is 0.0969. The smallest absolute Gasteiger partial charge is 0.275 e. The van der Waals surface area contributed by atoms with E-state index in [-0.39, 0.29) is 17.8 Å². The number of carbonyl (C=O) groups excluding carboxylic acids is 1. The number of aromatic nitrogens is 2. The zero-order chi connectivity index (χ0) is 19.3. The molecule has 1 amide bonds. The van der Waals surface area contributed by atoms with Crippen LogP contribution in [0.15, 0.2) is 48.5 Å². The average molecular weight is 379 g/mol. The molecule has 0 spiro atoms.